The van der Waals surface area contributed by atoms with E-state index in [4.69, 9.17) is 0 Å². The lowest BCUT2D eigenvalue weighted by Gasteiger charge is -2.36. The van der Waals surface area contributed by atoms with Crippen LogP contribution in [0.2, 0.25) is 0 Å². The molecule has 4 rings (SSSR count). The normalized spacial score (nSPS) is 14.5. The summed E-state index contributed by atoms with van der Waals surface area (Å²) in [6.07, 6.45) is 1.59. The van der Waals surface area contributed by atoms with E-state index in [2.05, 4.69) is 19.9 Å². The zero-order valence-electron chi connectivity index (χ0n) is 16.3. The summed E-state index contributed by atoms with van der Waals surface area (Å²) in [4.78, 5) is 41.2. The number of hydrogen-bond donors (Lipinski definition) is 0. The van der Waals surface area contributed by atoms with Crippen LogP contribution in [0, 0.1) is 6.92 Å². The molecule has 0 spiro atoms. The van der Waals surface area contributed by atoms with Gasteiger partial charge in [-0.05, 0) is 25.1 Å². The second-order valence-electron chi connectivity index (χ2n) is 7.12. The van der Waals surface area contributed by atoms with Crippen molar-refractivity contribution in [2.75, 3.05) is 31.1 Å². The number of carbonyl (C=O) groups excluding carboxylic acids is 1. The number of anilines is 1. The van der Waals surface area contributed by atoms with Crippen molar-refractivity contribution in [3.8, 4) is 0 Å². The number of piperazine rings is 1. The number of halogens is 2. The van der Waals surface area contributed by atoms with Gasteiger partial charge in [-0.15, -0.1) is 0 Å². The molecule has 0 atom stereocenters. The van der Waals surface area contributed by atoms with Gasteiger partial charge in [0.05, 0.1) is 35.7 Å². The third-order valence-corrected chi connectivity index (χ3v) is 5.08. The molecule has 1 aliphatic rings. The largest absolute Gasteiger partial charge is 0.368 e. The van der Waals surface area contributed by atoms with Gasteiger partial charge < -0.3 is 9.80 Å². The summed E-state index contributed by atoms with van der Waals surface area (Å²) in [6, 6.07) is 5.16. The SMILES string of the molecule is Cc1cnc(C(=O)N2CCN(c3ccc4c(=O)n(CC(F)F)cnc4c3)CC2)cn1. The molecule has 2 aromatic heterocycles. The molecule has 0 unspecified atom stereocenters. The first kappa shape index (κ1) is 19.9. The summed E-state index contributed by atoms with van der Waals surface area (Å²) in [5.74, 6) is -0.151. The van der Waals surface area contributed by atoms with Crippen molar-refractivity contribution in [3.05, 3.63) is 58.7 Å². The molecule has 1 saturated heterocycles. The van der Waals surface area contributed by atoms with Crippen LogP contribution < -0.4 is 10.5 Å². The number of fused-ring (bicyclic) bond motifs is 1. The molecule has 0 N–H and O–H groups in total. The van der Waals surface area contributed by atoms with E-state index >= 15 is 0 Å². The lowest BCUT2D eigenvalue weighted by Crippen LogP contribution is -2.49. The minimum atomic E-state index is -2.62. The number of rotatable bonds is 4. The molecule has 8 nitrogen and oxygen atoms in total. The van der Waals surface area contributed by atoms with Crippen molar-refractivity contribution in [2.45, 2.75) is 19.9 Å². The summed E-state index contributed by atoms with van der Waals surface area (Å²) in [6.45, 7) is 3.40. The maximum Gasteiger partial charge on any atom is 0.274 e. The topological polar surface area (TPSA) is 84.2 Å². The summed E-state index contributed by atoms with van der Waals surface area (Å²) >= 11 is 0. The molecule has 10 heteroatoms. The van der Waals surface area contributed by atoms with Crippen LogP contribution in [0.25, 0.3) is 10.9 Å². The maximum atomic E-state index is 12.6. The molecule has 3 heterocycles. The molecule has 1 aromatic carbocycles. The Bertz CT molecular complexity index is 1120. The summed E-state index contributed by atoms with van der Waals surface area (Å²) < 4.78 is 26.1. The molecule has 30 heavy (non-hydrogen) atoms. The van der Waals surface area contributed by atoms with Gasteiger partial charge in [-0.25, -0.2) is 18.7 Å². The van der Waals surface area contributed by atoms with Crippen LogP contribution in [-0.2, 0) is 6.54 Å². The lowest BCUT2D eigenvalue weighted by molar-refractivity contribution is 0.0740. The van der Waals surface area contributed by atoms with Crippen LogP contribution in [-0.4, -0.2) is 62.9 Å². The Hall–Kier alpha value is -3.43. The number of hydrogen-bond acceptors (Lipinski definition) is 6. The van der Waals surface area contributed by atoms with Crippen LogP contribution in [0.5, 0.6) is 0 Å². The van der Waals surface area contributed by atoms with Crippen LogP contribution in [0.1, 0.15) is 16.2 Å². The Morgan fingerprint density at radius 1 is 1.10 bits per heavy atom. The lowest BCUT2D eigenvalue weighted by atomic mass is 10.2. The van der Waals surface area contributed by atoms with Crippen molar-refractivity contribution in [1.29, 1.82) is 0 Å². The van der Waals surface area contributed by atoms with Gasteiger partial charge in [0, 0.05) is 38.1 Å². The van der Waals surface area contributed by atoms with E-state index in [9.17, 15) is 18.4 Å². The second-order valence-corrected chi connectivity index (χ2v) is 7.12. The molecule has 1 aliphatic heterocycles. The van der Waals surface area contributed by atoms with E-state index in [-0.39, 0.29) is 5.91 Å². The number of carbonyl (C=O) groups is 1. The van der Waals surface area contributed by atoms with Gasteiger partial charge in [0.25, 0.3) is 17.9 Å². The van der Waals surface area contributed by atoms with Crippen molar-refractivity contribution < 1.29 is 13.6 Å². The van der Waals surface area contributed by atoms with Gasteiger partial charge in [-0.3, -0.25) is 19.1 Å². The highest BCUT2D eigenvalue weighted by Gasteiger charge is 2.23. The quantitative estimate of drug-likeness (QED) is 0.647. The van der Waals surface area contributed by atoms with Gasteiger partial charge >= 0.3 is 0 Å². The monoisotopic (exact) mass is 414 g/mol. The zero-order chi connectivity index (χ0) is 21.3. The van der Waals surface area contributed by atoms with Gasteiger partial charge in [0.2, 0.25) is 0 Å². The molecular weight excluding hydrogens is 394 g/mol. The highest BCUT2D eigenvalue weighted by atomic mass is 19.3. The Kier molecular flexibility index (Phi) is 5.39. The number of amides is 1. The Morgan fingerprint density at radius 3 is 2.53 bits per heavy atom. The molecular formula is C20H20F2N6O2. The number of benzene rings is 1. The first-order chi connectivity index (χ1) is 14.4. The van der Waals surface area contributed by atoms with Crippen molar-refractivity contribution in [1.82, 2.24) is 24.4 Å². The molecule has 0 saturated carbocycles. The van der Waals surface area contributed by atoms with Gasteiger partial charge in [-0.1, -0.05) is 0 Å². The smallest absolute Gasteiger partial charge is 0.274 e. The van der Waals surface area contributed by atoms with E-state index < -0.39 is 18.5 Å². The molecule has 156 valence electrons. The Labute approximate surface area is 170 Å². The minimum Gasteiger partial charge on any atom is -0.368 e. The van der Waals surface area contributed by atoms with Crippen LogP contribution in [0.15, 0.2) is 41.7 Å². The van der Waals surface area contributed by atoms with Crippen molar-refractivity contribution >= 4 is 22.5 Å². The van der Waals surface area contributed by atoms with Crippen molar-refractivity contribution in [2.24, 2.45) is 0 Å². The number of aromatic nitrogens is 4. The van der Waals surface area contributed by atoms with E-state index in [1.807, 2.05) is 6.92 Å². The summed E-state index contributed by atoms with van der Waals surface area (Å²) in [5, 5.41) is 0.300. The minimum absolute atomic E-state index is 0.151. The average molecular weight is 414 g/mol. The predicted octanol–water partition coefficient (Wildman–Crippen LogP) is 1.72. The summed E-state index contributed by atoms with van der Waals surface area (Å²) in [5.41, 5.74) is 1.91. The fourth-order valence-corrected chi connectivity index (χ4v) is 3.45. The molecule has 0 aliphatic carbocycles. The number of nitrogens with zero attached hydrogens (tertiary/aromatic N) is 6. The Morgan fingerprint density at radius 2 is 1.87 bits per heavy atom. The van der Waals surface area contributed by atoms with Crippen LogP contribution in [0.3, 0.4) is 0 Å². The standard InChI is InChI=1S/C20H20F2N6O2/c1-13-9-24-17(10-23-13)20(30)27-6-4-26(5-7-27)14-2-3-15-16(8-14)25-12-28(19(15)29)11-18(21)22/h2-3,8-10,12,18H,4-7,11H2,1H3. The highest BCUT2D eigenvalue weighted by molar-refractivity contribution is 5.92. The zero-order valence-corrected chi connectivity index (χ0v) is 16.3. The van der Waals surface area contributed by atoms with Crippen molar-refractivity contribution in [3.63, 3.8) is 0 Å². The number of alkyl halides is 2. The van der Waals surface area contributed by atoms with Gasteiger partial charge in [0.1, 0.15) is 5.69 Å². The first-order valence-electron chi connectivity index (χ1n) is 9.52. The molecule has 1 amide bonds. The highest BCUT2D eigenvalue weighted by Crippen LogP contribution is 2.21. The van der Waals surface area contributed by atoms with Crippen LogP contribution in [0.4, 0.5) is 14.5 Å². The third-order valence-electron chi connectivity index (χ3n) is 5.08. The average Bonchev–Trinajstić information content (AvgIpc) is 2.75. The predicted molar refractivity (Wildman–Crippen MR) is 107 cm³/mol. The van der Waals surface area contributed by atoms with E-state index in [1.165, 1.54) is 6.20 Å². The van der Waals surface area contributed by atoms with Crippen LogP contribution >= 0.6 is 0 Å². The molecule has 3 aromatic rings. The molecule has 0 bridgehead atoms. The third kappa shape index (κ3) is 3.98. The fourth-order valence-electron chi connectivity index (χ4n) is 3.45. The van der Waals surface area contributed by atoms with E-state index in [1.54, 1.807) is 29.3 Å². The first-order valence-corrected chi connectivity index (χ1v) is 9.52. The summed E-state index contributed by atoms with van der Waals surface area (Å²) in [7, 11) is 0. The van der Waals surface area contributed by atoms with Gasteiger partial charge in [-0.2, -0.15) is 0 Å². The van der Waals surface area contributed by atoms with E-state index in [0.717, 1.165) is 22.3 Å². The fraction of sp³-hybridized carbons (Fsp3) is 0.350. The van der Waals surface area contributed by atoms with Gasteiger partial charge in [0.15, 0.2) is 0 Å². The van der Waals surface area contributed by atoms with E-state index in [0.29, 0.717) is 42.8 Å². The molecule has 1 fully saturated rings. The number of aryl methyl sites for hydroxylation is 1. The molecule has 0 radical (unpaired) electrons. The second kappa shape index (κ2) is 8.13. The Balaban J connectivity index is 1.47. The maximum absolute atomic E-state index is 12.6.